The van der Waals surface area contributed by atoms with Crippen molar-refractivity contribution in [1.29, 1.82) is 0 Å². The van der Waals surface area contributed by atoms with Crippen molar-refractivity contribution in [2.45, 2.75) is 31.7 Å². The molecule has 0 aromatic heterocycles. The highest BCUT2D eigenvalue weighted by Crippen LogP contribution is 2.29. The van der Waals surface area contributed by atoms with Crippen LogP contribution >= 0.6 is 0 Å². The van der Waals surface area contributed by atoms with E-state index in [0.29, 0.717) is 6.04 Å². The van der Waals surface area contributed by atoms with Crippen molar-refractivity contribution >= 4 is 0 Å². The molecule has 1 N–H and O–H groups in total. The van der Waals surface area contributed by atoms with Crippen LogP contribution in [0.15, 0.2) is 54.6 Å². The monoisotopic (exact) mass is 281 g/mol. The van der Waals surface area contributed by atoms with Crippen molar-refractivity contribution in [2.75, 3.05) is 13.2 Å². The second-order valence-corrected chi connectivity index (χ2v) is 5.61. The van der Waals surface area contributed by atoms with Crippen molar-refractivity contribution in [3.8, 4) is 5.75 Å². The van der Waals surface area contributed by atoms with Crippen LogP contribution in [0.1, 0.15) is 36.4 Å². The molecule has 2 aromatic rings. The quantitative estimate of drug-likeness (QED) is 0.804. The van der Waals surface area contributed by atoms with E-state index < -0.39 is 0 Å². The number of hydrogen-bond acceptors (Lipinski definition) is 2. The third kappa shape index (κ3) is 3.85. The van der Waals surface area contributed by atoms with Gasteiger partial charge in [-0.3, -0.25) is 0 Å². The van der Waals surface area contributed by atoms with Crippen LogP contribution in [0.2, 0.25) is 0 Å². The van der Waals surface area contributed by atoms with Gasteiger partial charge < -0.3 is 10.1 Å². The van der Waals surface area contributed by atoms with Gasteiger partial charge in [-0.1, -0.05) is 42.5 Å². The zero-order valence-corrected chi connectivity index (χ0v) is 12.4. The number of aryl methyl sites for hydroxylation is 1. The maximum absolute atomic E-state index is 5.72. The fourth-order valence-electron chi connectivity index (χ4n) is 3.02. The van der Waals surface area contributed by atoms with E-state index in [4.69, 9.17) is 4.74 Å². The van der Waals surface area contributed by atoms with Gasteiger partial charge in [-0.25, -0.2) is 0 Å². The summed E-state index contributed by atoms with van der Waals surface area (Å²) in [5.41, 5.74) is 3.01. The molecule has 1 aliphatic carbocycles. The number of fused-ring (bicyclic) bond motifs is 1. The van der Waals surface area contributed by atoms with Gasteiger partial charge in [0.15, 0.2) is 0 Å². The first-order valence-electron chi connectivity index (χ1n) is 7.92. The van der Waals surface area contributed by atoms with Crippen molar-refractivity contribution in [3.05, 3.63) is 65.7 Å². The average molecular weight is 281 g/mol. The lowest BCUT2D eigenvalue weighted by Gasteiger charge is -2.26. The number of nitrogens with one attached hydrogen (secondary N) is 1. The summed E-state index contributed by atoms with van der Waals surface area (Å²) in [4.78, 5) is 0. The van der Waals surface area contributed by atoms with Crippen LogP contribution in [0, 0.1) is 0 Å². The molecular formula is C19H23NO. The van der Waals surface area contributed by atoms with E-state index in [1.54, 1.807) is 0 Å². The second-order valence-electron chi connectivity index (χ2n) is 5.61. The third-order valence-corrected chi connectivity index (χ3v) is 4.09. The summed E-state index contributed by atoms with van der Waals surface area (Å²) in [6.07, 6.45) is 4.80. The van der Waals surface area contributed by atoms with E-state index in [9.17, 15) is 0 Å². The molecule has 0 fully saturated rings. The smallest absolute Gasteiger partial charge is 0.119 e. The molecule has 0 saturated carbocycles. The summed E-state index contributed by atoms with van der Waals surface area (Å²) in [7, 11) is 0. The molecule has 21 heavy (non-hydrogen) atoms. The molecule has 1 aliphatic rings. The summed E-state index contributed by atoms with van der Waals surface area (Å²) in [5.74, 6) is 0.959. The zero-order chi connectivity index (χ0) is 14.3. The third-order valence-electron chi connectivity index (χ3n) is 4.09. The van der Waals surface area contributed by atoms with E-state index in [0.717, 1.165) is 25.3 Å². The summed E-state index contributed by atoms with van der Waals surface area (Å²) in [5, 5.41) is 3.68. The Morgan fingerprint density at radius 1 is 1.00 bits per heavy atom. The number of rotatable bonds is 6. The molecule has 2 heteroatoms. The Labute approximate surface area is 127 Å². The average Bonchev–Trinajstić information content (AvgIpc) is 2.56. The summed E-state index contributed by atoms with van der Waals surface area (Å²) >= 11 is 0. The maximum Gasteiger partial charge on any atom is 0.119 e. The summed E-state index contributed by atoms with van der Waals surface area (Å²) in [6, 6.07) is 19.4. The molecule has 3 rings (SSSR count). The van der Waals surface area contributed by atoms with Crippen LogP contribution in [0.3, 0.4) is 0 Å². The SMILES string of the molecule is c1ccc(OCCCNC2CCCc3ccccc32)cc1. The van der Waals surface area contributed by atoms with Crippen LogP contribution in [-0.4, -0.2) is 13.2 Å². The summed E-state index contributed by atoms with van der Waals surface area (Å²) in [6.45, 7) is 1.78. The lowest BCUT2D eigenvalue weighted by molar-refractivity contribution is 0.302. The first-order chi connectivity index (χ1) is 10.4. The number of para-hydroxylation sites is 1. The maximum atomic E-state index is 5.72. The summed E-state index contributed by atoms with van der Waals surface area (Å²) < 4.78 is 5.72. The predicted octanol–water partition coefficient (Wildman–Crippen LogP) is 4.12. The van der Waals surface area contributed by atoms with Gasteiger partial charge in [0.05, 0.1) is 6.61 Å². The van der Waals surface area contributed by atoms with Gasteiger partial charge in [-0.05, 0) is 55.5 Å². The van der Waals surface area contributed by atoms with Gasteiger partial charge in [0, 0.05) is 6.04 Å². The topological polar surface area (TPSA) is 21.3 Å². The van der Waals surface area contributed by atoms with E-state index in [1.807, 2.05) is 30.3 Å². The van der Waals surface area contributed by atoms with Gasteiger partial charge in [0.1, 0.15) is 5.75 Å². The highest BCUT2D eigenvalue weighted by Gasteiger charge is 2.18. The Bertz CT molecular complexity index is 553. The minimum atomic E-state index is 0.520. The first-order valence-corrected chi connectivity index (χ1v) is 7.92. The van der Waals surface area contributed by atoms with Gasteiger partial charge in [0.25, 0.3) is 0 Å². The standard InChI is InChI=1S/C19H23NO/c1-2-10-17(11-3-1)21-15-7-14-20-19-13-6-9-16-8-4-5-12-18(16)19/h1-5,8,10-12,19-20H,6-7,9,13-15H2. The second kappa shape index (κ2) is 7.28. The van der Waals surface area contributed by atoms with Crippen LogP contribution in [0.25, 0.3) is 0 Å². The first kappa shape index (κ1) is 14.2. The molecule has 0 bridgehead atoms. The molecule has 0 heterocycles. The van der Waals surface area contributed by atoms with Crippen molar-refractivity contribution in [2.24, 2.45) is 0 Å². The Kier molecular flexibility index (Phi) is 4.90. The largest absolute Gasteiger partial charge is 0.494 e. The van der Waals surface area contributed by atoms with E-state index in [2.05, 4.69) is 29.6 Å². The number of hydrogen-bond donors (Lipinski definition) is 1. The molecule has 1 atom stereocenters. The molecule has 0 spiro atoms. The van der Waals surface area contributed by atoms with Crippen LogP contribution in [-0.2, 0) is 6.42 Å². The van der Waals surface area contributed by atoms with Crippen molar-refractivity contribution in [1.82, 2.24) is 5.32 Å². The van der Waals surface area contributed by atoms with Crippen LogP contribution < -0.4 is 10.1 Å². The Morgan fingerprint density at radius 2 is 1.81 bits per heavy atom. The molecule has 2 nitrogen and oxygen atoms in total. The normalized spacial score (nSPS) is 17.2. The lowest BCUT2D eigenvalue weighted by atomic mass is 9.88. The van der Waals surface area contributed by atoms with Crippen molar-refractivity contribution in [3.63, 3.8) is 0 Å². The Balaban J connectivity index is 1.42. The van der Waals surface area contributed by atoms with E-state index in [-0.39, 0.29) is 0 Å². The fourth-order valence-corrected chi connectivity index (χ4v) is 3.02. The van der Waals surface area contributed by atoms with E-state index in [1.165, 1.54) is 30.4 Å². The molecule has 0 saturated heterocycles. The molecule has 2 aromatic carbocycles. The fraction of sp³-hybridized carbons (Fsp3) is 0.368. The highest BCUT2D eigenvalue weighted by atomic mass is 16.5. The number of ether oxygens (including phenoxy) is 1. The van der Waals surface area contributed by atoms with Crippen molar-refractivity contribution < 1.29 is 4.74 Å². The predicted molar refractivity (Wildman–Crippen MR) is 86.7 cm³/mol. The highest BCUT2D eigenvalue weighted by molar-refractivity contribution is 5.32. The zero-order valence-electron chi connectivity index (χ0n) is 12.4. The molecule has 0 radical (unpaired) electrons. The van der Waals surface area contributed by atoms with Gasteiger partial charge in [0.2, 0.25) is 0 Å². The molecule has 110 valence electrons. The van der Waals surface area contributed by atoms with Crippen LogP contribution in [0.4, 0.5) is 0 Å². The Hall–Kier alpha value is -1.80. The molecule has 1 unspecified atom stereocenters. The van der Waals surface area contributed by atoms with Gasteiger partial charge in [-0.15, -0.1) is 0 Å². The van der Waals surface area contributed by atoms with Gasteiger partial charge in [-0.2, -0.15) is 0 Å². The molecule has 0 amide bonds. The minimum Gasteiger partial charge on any atom is -0.494 e. The van der Waals surface area contributed by atoms with Gasteiger partial charge >= 0.3 is 0 Å². The lowest BCUT2D eigenvalue weighted by Crippen LogP contribution is -2.26. The minimum absolute atomic E-state index is 0.520. The number of benzene rings is 2. The van der Waals surface area contributed by atoms with Crippen LogP contribution in [0.5, 0.6) is 5.75 Å². The Morgan fingerprint density at radius 3 is 2.71 bits per heavy atom. The molecule has 0 aliphatic heterocycles. The molecular weight excluding hydrogens is 258 g/mol. The van der Waals surface area contributed by atoms with E-state index >= 15 is 0 Å².